The van der Waals surface area contributed by atoms with Crippen molar-refractivity contribution in [2.45, 2.75) is 38.2 Å². The Bertz CT molecular complexity index is 535. The van der Waals surface area contributed by atoms with E-state index in [4.69, 9.17) is 0 Å². The van der Waals surface area contributed by atoms with Crippen LogP contribution in [0, 0.1) is 0 Å². The summed E-state index contributed by atoms with van der Waals surface area (Å²) >= 11 is 2.98. The second kappa shape index (κ2) is 6.19. The molecule has 0 unspecified atom stereocenters. The SMILES string of the molecule is CC(C)SC1=C(SC(C)C)C(=O)c2ccccc2C1=O. The Balaban J connectivity index is 2.55. The van der Waals surface area contributed by atoms with Gasteiger partial charge in [0.1, 0.15) is 0 Å². The van der Waals surface area contributed by atoms with Crippen molar-refractivity contribution in [1.82, 2.24) is 0 Å². The number of ketones is 2. The highest BCUT2D eigenvalue weighted by Gasteiger charge is 2.33. The van der Waals surface area contributed by atoms with Gasteiger partial charge < -0.3 is 0 Å². The smallest absolute Gasteiger partial charge is 0.201 e. The lowest BCUT2D eigenvalue weighted by Gasteiger charge is -2.22. The summed E-state index contributed by atoms with van der Waals surface area (Å²) in [4.78, 5) is 26.5. The standard InChI is InChI=1S/C16H18O2S2/c1-9(2)19-15-13(17)11-7-5-6-8-12(11)14(18)16(15)20-10(3)4/h5-10H,1-4H3. The number of fused-ring (bicyclic) bond motifs is 1. The van der Waals surface area contributed by atoms with Gasteiger partial charge in [-0.2, -0.15) is 0 Å². The van der Waals surface area contributed by atoms with E-state index in [1.165, 1.54) is 23.5 Å². The number of hydrogen-bond acceptors (Lipinski definition) is 4. The lowest BCUT2D eigenvalue weighted by Crippen LogP contribution is -2.21. The van der Waals surface area contributed by atoms with Crippen LogP contribution < -0.4 is 0 Å². The molecule has 2 nitrogen and oxygen atoms in total. The predicted molar refractivity (Wildman–Crippen MR) is 87.6 cm³/mol. The molecule has 1 aliphatic carbocycles. The van der Waals surface area contributed by atoms with Gasteiger partial charge in [-0.3, -0.25) is 9.59 Å². The van der Waals surface area contributed by atoms with E-state index in [9.17, 15) is 9.59 Å². The highest BCUT2D eigenvalue weighted by atomic mass is 32.2. The third kappa shape index (κ3) is 3.01. The number of rotatable bonds is 4. The first-order valence-electron chi connectivity index (χ1n) is 6.67. The first kappa shape index (κ1) is 15.4. The molecule has 0 N–H and O–H groups in total. The fourth-order valence-electron chi connectivity index (χ4n) is 2.02. The summed E-state index contributed by atoms with van der Waals surface area (Å²) < 4.78 is 0. The average Bonchev–Trinajstić information content (AvgIpc) is 2.39. The zero-order chi connectivity index (χ0) is 14.9. The van der Waals surface area contributed by atoms with Gasteiger partial charge in [-0.05, 0) is 0 Å². The van der Waals surface area contributed by atoms with Crippen LogP contribution in [0.5, 0.6) is 0 Å². The number of benzene rings is 1. The molecule has 2 rings (SSSR count). The quantitative estimate of drug-likeness (QED) is 0.816. The Hall–Kier alpha value is -1.00. The van der Waals surface area contributed by atoms with Gasteiger partial charge in [0.2, 0.25) is 11.6 Å². The second-order valence-electron chi connectivity index (χ2n) is 5.20. The maximum Gasteiger partial charge on any atom is 0.201 e. The molecule has 0 atom stereocenters. The summed E-state index contributed by atoms with van der Waals surface area (Å²) in [7, 11) is 0. The average molecular weight is 306 g/mol. The Morgan fingerprint density at radius 1 is 0.750 bits per heavy atom. The lowest BCUT2D eigenvalue weighted by atomic mass is 9.94. The van der Waals surface area contributed by atoms with Crippen molar-refractivity contribution in [1.29, 1.82) is 0 Å². The summed E-state index contributed by atoms with van der Waals surface area (Å²) in [5.74, 6) is -0.0240. The molecule has 0 aliphatic heterocycles. The molecule has 20 heavy (non-hydrogen) atoms. The third-order valence-electron chi connectivity index (χ3n) is 2.74. The highest BCUT2D eigenvalue weighted by Crippen LogP contribution is 2.40. The van der Waals surface area contributed by atoms with Crippen molar-refractivity contribution in [3.05, 3.63) is 45.2 Å². The molecule has 106 valence electrons. The first-order valence-corrected chi connectivity index (χ1v) is 8.43. The zero-order valence-electron chi connectivity index (χ0n) is 12.1. The van der Waals surface area contributed by atoms with Gasteiger partial charge >= 0.3 is 0 Å². The summed E-state index contributed by atoms with van der Waals surface area (Å²) in [5, 5.41) is 0.546. The van der Waals surface area contributed by atoms with Gasteiger partial charge in [0.15, 0.2) is 0 Å². The van der Waals surface area contributed by atoms with Crippen LogP contribution >= 0.6 is 23.5 Å². The van der Waals surface area contributed by atoms with Gasteiger partial charge in [0, 0.05) is 21.6 Å². The van der Waals surface area contributed by atoms with Crippen LogP contribution in [-0.4, -0.2) is 22.1 Å². The molecular weight excluding hydrogens is 288 g/mol. The number of allylic oxidation sites excluding steroid dienone is 2. The van der Waals surface area contributed by atoms with Crippen LogP contribution in [0.3, 0.4) is 0 Å². The van der Waals surface area contributed by atoms with E-state index in [1.807, 2.05) is 39.8 Å². The molecule has 0 heterocycles. The summed E-state index contributed by atoms with van der Waals surface area (Å²) in [6, 6.07) is 7.10. The van der Waals surface area contributed by atoms with E-state index in [-0.39, 0.29) is 22.1 Å². The van der Waals surface area contributed by atoms with Gasteiger partial charge in [0.25, 0.3) is 0 Å². The van der Waals surface area contributed by atoms with Crippen molar-refractivity contribution >= 4 is 35.1 Å². The molecule has 0 radical (unpaired) electrons. The van der Waals surface area contributed by atoms with Crippen LogP contribution in [0.15, 0.2) is 34.1 Å². The fourth-order valence-corrected chi connectivity index (χ4v) is 4.08. The van der Waals surface area contributed by atoms with Crippen molar-refractivity contribution in [3.63, 3.8) is 0 Å². The molecule has 0 bridgehead atoms. The van der Waals surface area contributed by atoms with Crippen LogP contribution in [0.25, 0.3) is 0 Å². The molecule has 1 aromatic carbocycles. The Labute approximate surface area is 128 Å². The minimum absolute atomic E-state index is 0.0120. The molecule has 1 aromatic rings. The number of thioether (sulfide) groups is 2. The van der Waals surface area contributed by atoms with Crippen molar-refractivity contribution in [3.8, 4) is 0 Å². The highest BCUT2D eigenvalue weighted by molar-refractivity contribution is 8.08. The van der Waals surface area contributed by atoms with Crippen LogP contribution in [0.4, 0.5) is 0 Å². The first-order chi connectivity index (χ1) is 9.41. The monoisotopic (exact) mass is 306 g/mol. The van der Waals surface area contributed by atoms with E-state index in [0.29, 0.717) is 20.9 Å². The minimum Gasteiger partial charge on any atom is -0.288 e. The summed E-state index contributed by atoms with van der Waals surface area (Å²) in [6.07, 6.45) is 0. The summed E-state index contributed by atoms with van der Waals surface area (Å²) in [5.41, 5.74) is 1.07. The van der Waals surface area contributed by atoms with Crippen LogP contribution in [0.1, 0.15) is 48.4 Å². The predicted octanol–water partition coefficient (Wildman–Crippen LogP) is 4.56. The van der Waals surface area contributed by atoms with Crippen molar-refractivity contribution in [2.24, 2.45) is 0 Å². The molecule has 4 heteroatoms. The maximum absolute atomic E-state index is 12.6. The number of Topliss-reactive ketones (excluding diaryl/α,β-unsaturated/α-hetero) is 2. The fraction of sp³-hybridized carbons (Fsp3) is 0.375. The molecule has 0 saturated heterocycles. The summed E-state index contributed by atoms with van der Waals surface area (Å²) in [6.45, 7) is 8.14. The topological polar surface area (TPSA) is 34.1 Å². The normalized spacial score (nSPS) is 15.3. The van der Waals surface area contributed by atoms with Gasteiger partial charge in [-0.25, -0.2) is 0 Å². The maximum atomic E-state index is 12.6. The third-order valence-corrected chi connectivity index (χ3v) is 5.06. The Morgan fingerprint density at radius 3 is 1.40 bits per heavy atom. The van der Waals surface area contributed by atoms with E-state index >= 15 is 0 Å². The molecule has 0 spiro atoms. The molecule has 1 aliphatic rings. The van der Waals surface area contributed by atoms with Crippen molar-refractivity contribution in [2.75, 3.05) is 0 Å². The van der Waals surface area contributed by atoms with E-state index in [2.05, 4.69) is 0 Å². The van der Waals surface area contributed by atoms with Crippen LogP contribution in [0.2, 0.25) is 0 Å². The molecule has 0 amide bonds. The van der Waals surface area contributed by atoms with Crippen molar-refractivity contribution < 1.29 is 9.59 Å². The molecular formula is C16H18O2S2. The molecule has 0 saturated carbocycles. The van der Waals surface area contributed by atoms with Gasteiger partial charge in [-0.1, -0.05) is 52.0 Å². The lowest BCUT2D eigenvalue weighted by molar-refractivity contribution is 0.0988. The number of carbonyl (C=O) groups is 2. The van der Waals surface area contributed by atoms with Gasteiger partial charge in [-0.15, -0.1) is 23.5 Å². The second-order valence-corrected chi connectivity index (χ2v) is 8.37. The minimum atomic E-state index is -0.0120. The molecule has 0 aromatic heterocycles. The zero-order valence-corrected chi connectivity index (χ0v) is 13.7. The van der Waals surface area contributed by atoms with Crippen LogP contribution in [-0.2, 0) is 0 Å². The number of hydrogen-bond donors (Lipinski definition) is 0. The van der Waals surface area contributed by atoms with E-state index in [1.54, 1.807) is 12.1 Å². The Kier molecular flexibility index (Phi) is 4.76. The van der Waals surface area contributed by atoms with E-state index < -0.39 is 0 Å². The van der Waals surface area contributed by atoms with E-state index in [0.717, 1.165) is 0 Å². The van der Waals surface area contributed by atoms with Gasteiger partial charge in [0.05, 0.1) is 9.81 Å². The Morgan fingerprint density at radius 2 is 1.10 bits per heavy atom. The largest absolute Gasteiger partial charge is 0.288 e. The number of carbonyl (C=O) groups excluding carboxylic acids is 2. The molecule has 0 fully saturated rings.